The Balaban J connectivity index is 1.17. The number of para-hydroxylation sites is 1. The van der Waals surface area contributed by atoms with E-state index in [4.69, 9.17) is 10.8 Å². The lowest BCUT2D eigenvalue weighted by atomic mass is 9.84. The maximum atomic E-state index is 6.66. The van der Waals surface area contributed by atoms with Gasteiger partial charge >= 0.3 is 0 Å². The summed E-state index contributed by atoms with van der Waals surface area (Å²) >= 11 is 1.84. The SMILES string of the molecule is CCCC1=C(c2c(-n3c4ccccc4c4cc5ccccc5cc43)ccc(/C(=N/C(c3ccc4c(c3)sc3ccccc34)c3cccc4ccccc34)NN)c2C)CCC=C1. The number of thiophene rings is 1. The summed E-state index contributed by atoms with van der Waals surface area (Å²) in [6.07, 6.45) is 8.78. The third-order valence-electron chi connectivity index (χ3n) is 12.8. The van der Waals surface area contributed by atoms with E-state index in [1.165, 1.54) is 85.9 Å². The molecule has 1 aliphatic rings. The number of nitrogens with zero attached hydrogens (tertiary/aromatic N) is 2. The second kappa shape index (κ2) is 15.3. The molecule has 0 amide bonds. The lowest BCUT2D eigenvalue weighted by molar-refractivity contribution is 0.860. The van der Waals surface area contributed by atoms with Crippen LogP contribution in [-0.2, 0) is 0 Å². The highest BCUT2D eigenvalue weighted by atomic mass is 32.1. The number of benzene rings is 8. The second-order valence-corrected chi connectivity index (χ2v) is 17.4. The fraction of sp³-hybridized carbons (Fsp3) is 0.125. The average molecular weight is 807 g/mol. The average Bonchev–Trinajstić information content (AvgIpc) is 3.84. The highest BCUT2D eigenvalue weighted by molar-refractivity contribution is 7.25. The quantitative estimate of drug-likeness (QED) is 0.0695. The molecule has 0 bridgehead atoms. The molecule has 2 aromatic heterocycles. The van der Waals surface area contributed by atoms with Crippen molar-refractivity contribution in [3.05, 3.63) is 203 Å². The van der Waals surface area contributed by atoms with Gasteiger partial charge in [-0.15, -0.1) is 11.3 Å². The van der Waals surface area contributed by atoms with Gasteiger partial charge in [0.2, 0.25) is 0 Å². The number of nitrogens with two attached hydrogens (primary N) is 1. The Morgan fingerprint density at radius 2 is 1.41 bits per heavy atom. The molecule has 296 valence electrons. The third-order valence-corrected chi connectivity index (χ3v) is 13.9. The van der Waals surface area contributed by atoms with E-state index in [-0.39, 0.29) is 6.04 Å². The zero-order valence-corrected chi connectivity index (χ0v) is 35.3. The fourth-order valence-electron chi connectivity index (χ4n) is 9.98. The van der Waals surface area contributed by atoms with Crippen LogP contribution in [0.4, 0.5) is 0 Å². The maximum absolute atomic E-state index is 6.66. The lowest BCUT2D eigenvalue weighted by Gasteiger charge is -2.25. The van der Waals surface area contributed by atoms with Gasteiger partial charge < -0.3 is 9.99 Å². The summed E-state index contributed by atoms with van der Waals surface area (Å²) in [4.78, 5) is 5.69. The number of hydrogen-bond donors (Lipinski definition) is 2. The molecule has 0 radical (unpaired) electrons. The summed E-state index contributed by atoms with van der Waals surface area (Å²) in [5.41, 5.74) is 15.2. The Hall–Kier alpha value is -6.79. The van der Waals surface area contributed by atoms with Crippen molar-refractivity contribution in [3.8, 4) is 5.69 Å². The second-order valence-electron chi connectivity index (χ2n) is 16.3. The zero-order chi connectivity index (χ0) is 41.0. The van der Waals surface area contributed by atoms with E-state index < -0.39 is 0 Å². The highest BCUT2D eigenvalue weighted by Crippen LogP contribution is 2.43. The summed E-state index contributed by atoms with van der Waals surface area (Å²) in [6, 6.07) is 57.3. The van der Waals surface area contributed by atoms with E-state index in [9.17, 15) is 0 Å². The number of aromatic nitrogens is 1. The molecule has 1 unspecified atom stereocenters. The van der Waals surface area contributed by atoms with E-state index in [0.717, 1.165) is 47.9 Å². The van der Waals surface area contributed by atoms with Crippen molar-refractivity contribution in [2.75, 3.05) is 0 Å². The van der Waals surface area contributed by atoms with E-state index in [1.807, 2.05) is 11.3 Å². The van der Waals surface area contributed by atoms with Crippen LogP contribution in [-0.4, -0.2) is 10.4 Å². The van der Waals surface area contributed by atoms with Gasteiger partial charge in [0.1, 0.15) is 11.9 Å². The molecule has 0 fully saturated rings. The zero-order valence-electron chi connectivity index (χ0n) is 34.5. The Morgan fingerprint density at radius 1 is 0.689 bits per heavy atom. The van der Waals surface area contributed by atoms with Crippen LogP contribution in [0.25, 0.3) is 74.8 Å². The first-order chi connectivity index (χ1) is 30.1. The molecule has 61 heavy (non-hydrogen) atoms. The number of hydrazine groups is 1. The Bertz CT molecular complexity index is 3450. The Labute approximate surface area is 360 Å². The number of aliphatic imine (C=N–C) groups is 1. The van der Waals surface area contributed by atoms with Crippen LogP contribution in [0.15, 0.2) is 180 Å². The van der Waals surface area contributed by atoms with E-state index in [2.05, 4.69) is 194 Å². The topological polar surface area (TPSA) is 55.3 Å². The number of rotatable bonds is 8. The van der Waals surface area contributed by atoms with Crippen molar-refractivity contribution in [3.63, 3.8) is 0 Å². The summed E-state index contributed by atoms with van der Waals surface area (Å²) in [7, 11) is 0. The molecule has 10 aromatic rings. The molecular formula is C56H46N4S. The summed E-state index contributed by atoms with van der Waals surface area (Å²) in [6.45, 7) is 4.55. The van der Waals surface area contributed by atoms with Gasteiger partial charge in [0.15, 0.2) is 0 Å². The fourth-order valence-corrected chi connectivity index (χ4v) is 11.1. The predicted molar refractivity (Wildman–Crippen MR) is 262 cm³/mol. The molecule has 8 aromatic carbocycles. The molecule has 0 aliphatic heterocycles. The number of nitrogens with one attached hydrogen (secondary N) is 1. The molecule has 2 heterocycles. The molecule has 4 nitrogen and oxygen atoms in total. The van der Waals surface area contributed by atoms with Gasteiger partial charge in [-0.2, -0.15) is 0 Å². The van der Waals surface area contributed by atoms with Crippen LogP contribution < -0.4 is 11.3 Å². The molecule has 0 saturated heterocycles. The summed E-state index contributed by atoms with van der Waals surface area (Å²) < 4.78 is 5.05. The van der Waals surface area contributed by atoms with Crippen molar-refractivity contribution in [1.29, 1.82) is 0 Å². The van der Waals surface area contributed by atoms with Crippen LogP contribution in [0.1, 0.15) is 66.5 Å². The van der Waals surface area contributed by atoms with Crippen molar-refractivity contribution in [2.45, 2.75) is 45.6 Å². The third kappa shape index (κ3) is 6.27. The Kier molecular flexibility index (Phi) is 9.37. The molecule has 1 atom stereocenters. The van der Waals surface area contributed by atoms with Crippen LogP contribution >= 0.6 is 11.3 Å². The van der Waals surface area contributed by atoms with E-state index >= 15 is 0 Å². The molecule has 1 aliphatic carbocycles. The largest absolute Gasteiger partial charge is 0.309 e. The number of allylic oxidation sites excluding steroid dienone is 4. The van der Waals surface area contributed by atoms with Gasteiger partial charge in [0.05, 0.1) is 16.7 Å². The minimum absolute atomic E-state index is 0.326. The predicted octanol–water partition coefficient (Wildman–Crippen LogP) is 14.7. The minimum Gasteiger partial charge on any atom is -0.309 e. The Morgan fingerprint density at radius 3 is 2.25 bits per heavy atom. The van der Waals surface area contributed by atoms with Gasteiger partial charge in [-0.05, 0) is 118 Å². The van der Waals surface area contributed by atoms with Crippen LogP contribution in [0.2, 0.25) is 0 Å². The standard InChI is InChI=1S/C56H46N4S/c1-3-15-36-16-7-9-22-43(36)54-35(2)41(30-31-50(54)60-49-26-12-10-23-44(49)48-32-38-18-4-5-19-39(38)33-51(48)60)56(59-57)58-55(47-25-14-20-37-17-6-8-21-42(37)47)40-28-29-46-45-24-11-13-27-52(45)61-53(46)34-40/h4-8,10-14,16-21,23-34,55H,3,9,15,22,57H2,1-2H3,(H,58,59). The van der Waals surface area contributed by atoms with Crippen LogP contribution in [0.5, 0.6) is 0 Å². The summed E-state index contributed by atoms with van der Waals surface area (Å²) in [5, 5.41) is 9.92. The van der Waals surface area contributed by atoms with Gasteiger partial charge in [0, 0.05) is 42.1 Å². The van der Waals surface area contributed by atoms with Crippen molar-refractivity contribution in [2.24, 2.45) is 10.8 Å². The van der Waals surface area contributed by atoms with Gasteiger partial charge in [0.25, 0.3) is 0 Å². The molecule has 5 heteroatoms. The maximum Gasteiger partial charge on any atom is 0.143 e. The van der Waals surface area contributed by atoms with Gasteiger partial charge in [-0.3, -0.25) is 4.99 Å². The van der Waals surface area contributed by atoms with Gasteiger partial charge in [-0.1, -0.05) is 141 Å². The normalized spacial score (nSPS) is 14.0. The van der Waals surface area contributed by atoms with E-state index in [0.29, 0.717) is 5.84 Å². The molecule has 0 saturated carbocycles. The molecule has 11 rings (SSSR count). The smallest absolute Gasteiger partial charge is 0.143 e. The number of amidine groups is 1. The lowest BCUT2D eigenvalue weighted by Crippen LogP contribution is -2.32. The highest BCUT2D eigenvalue weighted by Gasteiger charge is 2.25. The minimum atomic E-state index is -0.326. The van der Waals surface area contributed by atoms with Crippen LogP contribution in [0.3, 0.4) is 0 Å². The molecule has 3 N–H and O–H groups in total. The van der Waals surface area contributed by atoms with Crippen molar-refractivity contribution in [1.82, 2.24) is 9.99 Å². The number of fused-ring (bicyclic) bond motifs is 8. The monoisotopic (exact) mass is 806 g/mol. The first kappa shape index (κ1) is 37.2. The first-order valence-corrected chi connectivity index (χ1v) is 22.3. The van der Waals surface area contributed by atoms with E-state index in [1.54, 1.807) is 0 Å². The molecule has 0 spiro atoms. The van der Waals surface area contributed by atoms with Gasteiger partial charge in [-0.25, -0.2) is 5.84 Å². The molecular weight excluding hydrogens is 761 g/mol. The van der Waals surface area contributed by atoms with Crippen molar-refractivity contribution < 1.29 is 0 Å². The van der Waals surface area contributed by atoms with Crippen LogP contribution in [0, 0.1) is 6.92 Å². The van der Waals surface area contributed by atoms with Crippen molar-refractivity contribution >= 4 is 86.3 Å². The summed E-state index contributed by atoms with van der Waals surface area (Å²) in [5.74, 6) is 7.33. The first-order valence-electron chi connectivity index (χ1n) is 21.5. The number of hydrogen-bond acceptors (Lipinski definition) is 3.